The minimum Gasteiger partial charge on any atom is -0.309 e. The normalized spacial score (nSPS) is 13.9. The van der Waals surface area contributed by atoms with Crippen molar-refractivity contribution in [3.05, 3.63) is 0 Å². The maximum atomic E-state index is 3.68. The molecular formula is C9H20BrN. The molecule has 0 aliphatic carbocycles. The topological polar surface area (TPSA) is 3.24 Å². The van der Waals surface area contributed by atoms with Crippen LogP contribution in [0.25, 0.3) is 0 Å². The highest BCUT2D eigenvalue weighted by Gasteiger charge is 2.02. The Kier molecular flexibility index (Phi) is 7.39. The maximum Gasteiger partial charge on any atom is 0.0158 e. The van der Waals surface area contributed by atoms with Crippen molar-refractivity contribution < 1.29 is 0 Å². The van der Waals surface area contributed by atoms with E-state index in [2.05, 4.69) is 41.8 Å². The lowest BCUT2D eigenvalue weighted by Gasteiger charge is -2.12. The third-order valence-corrected chi connectivity index (χ3v) is 2.68. The second kappa shape index (κ2) is 7.11. The Morgan fingerprint density at radius 3 is 2.36 bits per heavy atom. The molecule has 11 heavy (non-hydrogen) atoms. The van der Waals surface area contributed by atoms with Crippen molar-refractivity contribution in [2.45, 2.75) is 37.4 Å². The molecule has 0 aromatic heterocycles. The minimum atomic E-state index is 0.727. The molecule has 0 aliphatic rings. The van der Waals surface area contributed by atoms with Gasteiger partial charge in [0, 0.05) is 4.83 Å². The molecule has 1 unspecified atom stereocenters. The molecule has 0 saturated carbocycles. The van der Waals surface area contributed by atoms with Gasteiger partial charge in [0.2, 0.25) is 0 Å². The van der Waals surface area contributed by atoms with Gasteiger partial charge in [-0.2, -0.15) is 0 Å². The van der Waals surface area contributed by atoms with Crippen LogP contribution in [0.4, 0.5) is 0 Å². The summed E-state index contributed by atoms with van der Waals surface area (Å²) in [5.74, 6) is 0. The van der Waals surface area contributed by atoms with E-state index in [0.717, 1.165) is 4.83 Å². The van der Waals surface area contributed by atoms with Crippen LogP contribution in [0.1, 0.15) is 32.6 Å². The molecule has 0 aliphatic heterocycles. The lowest BCUT2D eigenvalue weighted by atomic mass is 10.1. The zero-order valence-corrected chi connectivity index (χ0v) is 9.52. The van der Waals surface area contributed by atoms with Crippen LogP contribution in [-0.2, 0) is 0 Å². The molecule has 1 nitrogen and oxygen atoms in total. The number of unbranched alkanes of at least 4 members (excludes halogenated alkanes) is 1. The first-order chi connectivity index (χ1) is 5.16. The van der Waals surface area contributed by atoms with Gasteiger partial charge in [0.25, 0.3) is 0 Å². The number of nitrogens with zero attached hydrogens (tertiary/aromatic N) is 1. The van der Waals surface area contributed by atoms with E-state index in [1.807, 2.05) is 0 Å². The fraction of sp³-hybridized carbons (Fsp3) is 1.00. The zero-order chi connectivity index (χ0) is 8.69. The summed E-state index contributed by atoms with van der Waals surface area (Å²) < 4.78 is 0. The van der Waals surface area contributed by atoms with E-state index in [1.54, 1.807) is 0 Å². The number of rotatable bonds is 6. The lowest BCUT2D eigenvalue weighted by Crippen LogP contribution is -2.16. The largest absolute Gasteiger partial charge is 0.309 e. The monoisotopic (exact) mass is 221 g/mol. The number of alkyl halides is 1. The molecule has 0 heterocycles. The van der Waals surface area contributed by atoms with E-state index in [0.29, 0.717) is 0 Å². The van der Waals surface area contributed by atoms with Crippen molar-refractivity contribution in [3.63, 3.8) is 0 Å². The van der Waals surface area contributed by atoms with Gasteiger partial charge in [0.1, 0.15) is 0 Å². The SMILES string of the molecule is CCCCC(Br)CCN(C)C. The summed E-state index contributed by atoms with van der Waals surface area (Å²) in [6.45, 7) is 3.44. The second-order valence-electron chi connectivity index (χ2n) is 3.33. The first-order valence-electron chi connectivity index (χ1n) is 4.45. The molecule has 0 bridgehead atoms. The second-order valence-corrected chi connectivity index (χ2v) is 4.63. The van der Waals surface area contributed by atoms with Gasteiger partial charge in [0.15, 0.2) is 0 Å². The van der Waals surface area contributed by atoms with Gasteiger partial charge in [-0.15, -0.1) is 0 Å². The van der Waals surface area contributed by atoms with E-state index < -0.39 is 0 Å². The summed E-state index contributed by atoms with van der Waals surface area (Å²) in [5.41, 5.74) is 0. The van der Waals surface area contributed by atoms with Crippen LogP contribution in [0.5, 0.6) is 0 Å². The average molecular weight is 222 g/mol. The van der Waals surface area contributed by atoms with Crippen molar-refractivity contribution in [2.75, 3.05) is 20.6 Å². The Bertz CT molecular complexity index is 83.6. The molecule has 2 heteroatoms. The van der Waals surface area contributed by atoms with E-state index in [4.69, 9.17) is 0 Å². The molecule has 68 valence electrons. The van der Waals surface area contributed by atoms with Gasteiger partial charge in [-0.1, -0.05) is 35.7 Å². The third kappa shape index (κ3) is 8.35. The van der Waals surface area contributed by atoms with Crippen molar-refractivity contribution in [1.82, 2.24) is 4.90 Å². The van der Waals surface area contributed by atoms with Crippen LogP contribution in [0.15, 0.2) is 0 Å². The van der Waals surface area contributed by atoms with E-state index >= 15 is 0 Å². The minimum absolute atomic E-state index is 0.727. The standard InChI is InChI=1S/C9H20BrN/c1-4-5-6-9(10)7-8-11(2)3/h9H,4-8H2,1-3H3. The highest BCUT2D eigenvalue weighted by Crippen LogP contribution is 2.13. The Morgan fingerprint density at radius 1 is 1.27 bits per heavy atom. The van der Waals surface area contributed by atoms with Gasteiger partial charge in [-0.3, -0.25) is 0 Å². The van der Waals surface area contributed by atoms with Gasteiger partial charge < -0.3 is 4.90 Å². The van der Waals surface area contributed by atoms with E-state index in [1.165, 1.54) is 32.2 Å². The van der Waals surface area contributed by atoms with Crippen LogP contribution in [0.3, 0.4) is 0 Å². The smallest absolute Gasteiger partial charge is 0.0158 e. The van der Waals surface area contributed by atoms with Crippen LogP contribution >= 0.6 is 15.9 Å². The fourth-order valence-electron chi connectivity index (χ4n) is 0.968. The van der Waals surface area contributed by atoms with Crippen molar-refractivity contribution in [2.24, 2.45) is 0 Å². The summed E-state index contributed by atoms with van der Waals surface area (Å²) in [6.07, 6.45) is 5.25. The van der Waals surface area contributed by atoms with Crippen molar-refractivity contribution in [3.8, 4) is 0 Å². The maximum absolute atomic E-state index is 3.68. The summed E-state index contributed by atoms with van der Waals surface area (Å²) in [5, 5.41) is 0. The van der Waals surface area contributed by atoms with Crippen molar-refractivity contribution in [1.29, 1.82) is 0 Å². The number of halogens is 1. The number of hydrogen-bond acceptors (Lipinski definition) is 1. The Balaban J connectivity index is 3.15. The molecule has 1 atom stereocenters. The Labute approximate surface area is 79.3 Å². The van der Waals surface area contributed by atoms with Crippen molar-refractivity contribution >= 4 is 15.9 Å². The molecule has 0 N–H and O–H groups in total. The number of hydrogen-bond donors (Lipinski definition) is 0. The predicted molar refractivity (Wildman–Crippen MR) is 55.4 cm³/mol. The first kappa shape index (κ1) is 11.4. The van der Waals surface area contributed by atoms with Gasteiger partial charge in [0.05, 0.1) is 0 Å². The van der Waals surface area contributed by atoms with Crippen LogP contribution in [-0.4, -0.2) is 30.4 Å². The lowest BCUT2D eigenvalue weighted by molar-refractivity contribution is 0.394. The van der Waals surface area contributed by atoms with E-state index in [9.17, 15) is 0 Å². The highest BCUT2D eigenvalue weighted by atomic mass is 79.9. The fourth-order valence-corrected chi connectivity index (χ4v) is 1.50. The van der Waals surface area contributed by atoms with Gasteiger partial charge in [-0.05, 0) is 33.5 Å². The third-order valence-electron chi connectivity index (χ3n) is 1.76. The molecule has 0 aromatic carbocycles. The highest BCUT2D eigenvalue weighted by molar-refractivity contribution is 9.09. The molecule has 0 saturated heterocycles. The molecule has 0 radical (unpaired) electrons. The first-order valence-corrected chi connectivity index (χ1v) is 5.37. The average Bonchev–Trinajstić information content (AvgIpc) is 1.97. The summed E-state index contributed by atoms with van der Waals surface area (Å²) >= 11 is 3.68. The summed E-state index contributed by atoms with van der Waals surface area (Å²) in [4.78, 5) is 2.96. The van der Waals surface area contributed by atoms with Gasteiger partial charge in [-0.25, -0.2) is 0 Å². The predicted octanol–water partition coefficient (Wildman–Crippen LogP) is 2.89. The van der Waals surface area contributed by atoms with Crippen LogP contribution < -0.4 is 0 Å². The van der Waals surface area contributed by atoms with Gasteiger partial charge >= 0.3 is 0 Å². The molecule has 0 amide bonds. The van der Waals surface area contributed by atoms with Crippen LogP contribution in [0.2, 0.25) is 0 Å². The molecular weight excluding hydrogens is 202 g/mol. The van der Waals surface area contributed by atoms with E-state index in [-0.39, 0.29) is 0 Å². The quantitative estimate of drug-likeness (QED) is 0.624. The Hall–Kier alpha value is 0.440. The summed E-state index contributed by atoms with van der Waals surface area (Å²) in [7, 11) is 4.25. The Morgan fingerprint density at radius 2 is 1.91 bits per heavy atom. The summed E-state index contributed by atoms with van der Waals surface area (Å²) in [6, 6.07) is 0. The molecule has 0 spiro atoms. The zero-order valence-electron chi connectivity index (χ0n) is 7.94. The van der Waals surface area contributed by atoms with Crippen LogP contribution in [0, 0.1) is 0 Å². The molecule has 0 aromatic rings. The molecule has 0 rings (SSSR count). The molecule has 0 fully saturated rings.